The highest BCUT2D eigenvalue weighted by Gasteiger charge is 2.17. The molecule has 7 heteroatoms. The van der Waals surface area contributed by atoms with Crippen molar-refractivity contribution in [1.29, 1.82) is 5.26 Å². The Labute approximate surface area is 116 Å². The Hall–Kier alpha value is -2.43. The number of rotatable bonds is 4. The maximum absolute atomic E-state index is 12.1. The molecule has 2 rings (SSSR count). The molecule has 2 aromatic rings. The van der Waals surface area contributed by atoms with Crippen molar-refractivity contribution in [3.05, 3.63) is 53.7 Å². The summed E-state index contributed by atoms with van der Waals surface area (Å²) in [5.74, 6) is -0.0502. The third kappa shape index (κ3) is 3.12. The lowest BCUT2D eigenvalue weighted by Gasteiger charge is -2.08. The minimum absolute atomic E-state index is 0.0502. The fourth-order valence-electron chi connectivity index (χ4n) is 1.64. The summed E-state index contributed by atoms with van der Waals surface area (Å²) in [4.78, 5) is 3.68. The van der Waals surface area contributed by atoms with Gasteiger partial charge in [-0.15, -0.1) is 0 Å². The number of pyridine rings is 1. The van der Waals surface area contributed by atoms with Crippen molar-refractivity contribution >= 4 is 15.8 Å². The third-order valence-corrected chi connectivity index (χ3v) is 4.06. The molecule has 0 spiro atoms. The van der Waals surface area contributed by atoms with Crippen LogP contribution in [0.15, 0.2) is 47.5 Å². The molecule has 0 aliphatic rings. The lowest BCUT2D eigenvalue weighted by atomic mass is 10.1. The van der Waals surface area contributed by atoms with Crippen LogP contribution in [-0.4, -0.2) is 13.4 Å². The number of nitrogens with zero attached hydrogens (tertiary/aromatic N) is 2. The van der Waals surface area contributed by atoms with Gasteiger partial charge in [-0.05, 0) is 29.8 Å². The molecule has 0 unspecified atom stereocenters. The van der Waals surface area contributed by atoms with E-state index in [4.69, 9.17) is 11.0 Å². The van der Waals surface area contributed by atoms with E-state index in [9.17, 15) is 8.42 Å². The molecular weight excluding hydrogens is 276 g/mol. The molecule has 0 radical (unpaired) electrons. The fraction of sp³-hybridized carbons (Fsp3) is 0.0769. The second-order valence-electron chi connectivity index (χ2n) is 4.02. The zero-order valence-electron chi connectivity index (χ0n) is 10.4. The molecule has 102 valence electrons. The summed E-state index contributed by atoms with van der Waals surface area (Å²) in [5, 5.41) is 8.79. The fourth-order valence-corrected chi connectivity index (χ4v) is 2.73. The number of sulfonamides is 1. The minimum atomic E-state index is -3.73. The maximum atomic E-state index is 12.1. The number of hydrogen-bond acceptors (Lipinski definition) is 5. The number of aromatic nitrogens is 1. The van der Waals surface area contributed by atoms with Crippen molar-refractivity contribution in [3.63, 3.8) is 0 Å². The largest absolute Gasteiger partial charge is 0.383 e. The first-order chi connectivity index (χ1) is 9.53. The quantitative estimate of drug-likeness (QED) is 0.872. The number of nitrogens with one attached hydrogen (secondary N) is 1. The second-order valence-corrected chi connectivity index (χ2v) is 5.76. The number of benzene rings is 1. The molecular formula is C13H12N4O2S. The maximum Gasteiger partial charge on any atom is 0.244 e. The van der Waals surface area contributed by atoms with E-state index in [1.54, 1.807) is 24.3 Å². The van der Waals surface area contributed by atoms with Gasteiger partial charge in [0, 0.05) is 12.7 Å². The molecule has 0 saturated heterocycles. The van der Waals surface area contributed by atoms with Gasteiger partial charge in [-0.25, -0.2) is 18.1 Å². The Morgan fingerprint density at radius 1 is 1.30 bits per heavy atom. The van der Waals surface area contributed by atoms with Crippen molar-refractivity contribution in [3.8, 4) is 6.07 Å². The summed E-state index contributed by atoms with van der Waals surface area (Å²) in [6.07, 6.45) is 1.42. The van der Waals surface area contributed by atoms with E-state index in [1.807, 2.05) is 6.07 Å². The molecule has 0 bridgehead atoms. The van der Waals surface area contributed by atoms with Crippen LogP contribution >= 0.6 is 0 Å². The number of nitrogens with two attached hydrogens (primary N) is 1. The minimum Gasteiger partial charge on any atom is -0.383 e. The highest BCUT2D eigenvalue weighted by Crippen LogP contribution is 2.15. The normalized spacial score (nSPS) is 10.9. The van der Waals surface area contributed by atoms with E-state index < -0.39 is 10.0 Å². The Bertz CT molecular complexity index is 766. The first-order valence-electron chi connectivity index (χ1n) is 5.72. The van der Waals surface area contributed by atoms with Crippen LogP contribution in [0, 0.1) is 11.3 Å². The average molecular weight is 288 g/mol. The van der Waals surface area contributed by atoms with E-state index >= 15 is 0 Å². The number of anilines is 1. The topological polar surface area (TPSA) is 109 Å². The summed E-state index contributed by atoms with van der Waals surface area (Å²) in [6.45, 7) is 0.0756. The van der Waals surface area contributed by atoms with Gasteiger partial charge in [-0.1, -0.05) is 12.1 Å². The zero-order valence-corrected chi connectivity index (χ0v) is 11.3. The number of nitrogen functional groups attached to an aromatic ring is 1. The highest BCUT2D eigenvalue weighted by molar-refractivity contribution is 7.89. The standard InChI is InChI=1S/C13H12N4O2S/c14-8-10-3-1-4-11(7-10)9-17-20(18,19)12-5-2-6-16-13(12)15/h1-7,17H,9H2,(H2,15,16). The third-order valence-electron chi connectivity index (χ3n) is 2.61. The summed E-state index contributed by atoms with van der Waals surface area (Å²) < 4.78 is 26.6. The molecule has 0 saturated carbocycles. The molecule has 20 heavy (non-hydrogen) atoms. The summed E-state index contributed by atoms with van der Waals surface area (Å²) in [7, 11) is -3.73. The van der Waals surface area contributed by atoms with E-state index in [1.165, 1.54) is 18.3 Å². The van der Waals surface area contributed by atoms with Gasteiger partial charge in [0.25, 0.3) is 0 Å². The van der Waals surface area contributed by atoms with Gasteiger partial charge >= 0.3 is 0 Å². The van der Waals surface area contributed by atoms with Crippen LogP contribution in [0.25, 0.3) is 0 Å². The van der Waals surface area contributed by atoms with Gasteiger partial charge in [0.1, 0.15) is 10.7 Å². The van der Waals surface area contributed by atoms with Crippen molar-refractivity contribution in [2.75, 3.05) is 5.73 Å². The first kappa shape index (κ1) is 14.0. The van der Waals surface area contributed by atoms with Crippen LogP contribution in [0.3, 0.4) is 0 Å². The summed E-state index contributed by atoms with van der Waals surface area (Å²) in [6, 6.07) is 11.6. The van der Waals surface area contributed by atoms with Gasteiger partial charge in [0.15, 0.2) is 0 Å². The second kappa shape index (κ2) is 5.69. The van der Waals surface area contributed by atoms with Crippen LogP contribution in [0.4, 0.5) is 5.82 Å². The first-order valence-corrected chi connectivity index (χ1v) is 7.20. The van der Waals surface area contributed by atoms with E-state index in [0.717, 1.165) is 0 Å². The highest BCUT2D eigenvalue weighted by atomic mass is 32.2. The molecule has 0 aliphatic carbocycles. The van der Waals surface area contributed by atoms with Crippen LogP contribution in [0.5, 0.6) is 0 Å². The number of hydrogen-bond donors (Lipinski definition) is 2. The van der Waals surface area contributed by atoms with Crippen LogP contribution in [0.2, 0.25) is 0 Å². The SMILES string of the molecule is N#Cc1cccc(CNS(=O)(=O)c2cccnc2N)c1. The molecule has 0 atom stereocenters. The molecule has 3 N–H and O–H groups in total. The van der Waals surface area contributed by atoms with Crippen molar-refractivity contribution < 1.29 is 8.42 Å². The van der Waals surface area contributed by atoms with Crippen LogP contribution < -0.4 is 10.5 Å². The molecule has 1 heterocycles. The molecule has 1 aromatic heterocycles. The van der Waals surface area contributed by atoms with Crippen LogP contribution in [-0.2, 0) is 16.6 Å². The van der Waals surface area contributed by atoms with Gasteiger partial charge < -0.3 is 5.73 Å². The average Bonchev–Trinajstić information content (AvgIpc) is 2.46. The Morgan fingerprint density at radius 2 is 2.10 bits per heavy atom. The Kier molecular flexibility index (Phi) is 3.98. The molecule has 1 aromatic carbocycles. The van der Waals surface area contributed by atoms with Crippen molar-refractivity contribution in [1.82, 2.24) is 9.71 Å². The molecule has 0 aliphatic heterocycles. The van der Waals surface area contributed by atoms with Crippen molar-refractivity contribution in [2.45, 2.75) is 11.4 Å². The Morgan fingerprint density at radius 3 is 2.80 bits per heavy atom. The summed E-state index contributed by atoms with van der Waals surface area (Å²) in [5.41, 5.74) is 6.71. The zero-order chi connectivity index (χ0) is 14.6. The predicted octanol–water partition coefficient (Wildman–Crippen LogP) is 1.01. The van der Waals surface area contributed by atoms with Gasteiger partial charge in [0.05, 0.1) is 11.6 Å². The molecule has 0 fully saturated rings. The lowest BCUT2D eigenvalue weighted by Crippen LogP contribution is -2.24. The van der Waals surface area contributed by atoms with Gasteiger partial charge in [0.2, 0.25) is 10.0 Å². The van der Waals surface area contributed by atoms with E-state index in [2.05, 4.69) is 9.71 Å². The van der Waals surface area contributed by atoms with Gasteiger partial charge in [-0.2, -0.15) is 5.26 Å². The predicted molar refractivity (Wildman–Crippen MR) is 73.8 cm³/mol. The number of nitriles is 1. The summed E-state index contributed by atoms with van der Waals surface area (Å²) >= 11 is 0. The Balaban J connectivity index is 2.18. The van der Waals surface area contributed by atoms with E-state index in [-0.39, 0.29) is 17.3 Å². The lowest BCUT2D eigenvalue weighted by molar-refractivity contribution is 0.581. The van der Waals surface area contributed by atoms with Gasteiger partial charge in [-0.3, -0.25) is 0 Å². The molecule has 6 nitrogen and oxygen atoms in total. The monoisotopic (exact) mass is 288 g/mol. The molecule has 0 amide bonds. The van der Waals surface area contributed by atoms with E-state index in [0.29, 0.717) is 11.1 Å². The smallest absolute Gasteiger partial charge is 0.244 e. The van der Waals surface area contributed by atoms with Crippen LogP contribution in [0.1, 0.15) is 11.1 Å². The van der Waals surface area contributed by atoms with Crippen molar-refractivity contribution in [2.24, 2.45) is 0 Å².